The van der Waals surface area contributed by atoms with Gasteiger partial charge in [0.1, 0.15) is 5.75 Å². The Morgan fingerprint density at radius 3 is 2.47 bits per heavy atom. The molecule has 0 fully saturated rings. The molecule has 0 spiro atoms. The second kappa shape index (κ2) is 5.85. The minimum atomic E-state index is 0.0815. The lowest BCUT2D eigenvalue weighted by molar-refractivity contribution is 0.462. The van der Waals surface area contributed by atoms with E-state index in [0.29, 0.717) is 6.54 Å². The van der Waals surface area contributed by atoms with Crippen LogP contribution in [0.3, 0.4) is 0 Å². The van der Waals surface area contributed by atoms with Crippen LogP contribution in [0, 0.1) is 0 Å². The summed E-state index contributed by atoms with van der Waals surface area (Å²) in [7, 11) is 0. The lowest BCUT2D eigenvalue weighted by Crippen LogP contribution is -2.32. The topological polar surface area (TPSA) is 45.1 Å². The molecule has 100 valence electrons. The summed E-state index contributed by atoms with van der Waals surface area (Å²) in [5, 5.41) is 12.6. The average molecular weight is 256 g/mol. The Hall–Kier alpha value is -1.87. The van der Waals surface area contributed by atoms with Crippen LogP contribution in [-0.2, 0) is 12.0 Å². The van der Waals surface area contributed by atoms with Gasteiger partial charge in [-0.15, -0.1) is 0 Å². The van der Waals surface area contributed by atoms with E-state index in [1.165, 1.54) is 11.8 Å². The second-order valence-electron chi connectivity index (χ2n) is 5.36. The molecule has 0 unspecified atom stereocenters. The number of hydrogen-bond acceptors (Lipinski definition) is 3. The van der Waals surface area contributed by atoms with Crippen molar-refractivity contribution in [2.24, 2.45) is 0 Å². The van der Waals surface area contributed by atoms with Crippen molar-refractivity contribution in [3.05, 3.63) is 59.9 Å². The van der Waals surface area contributed by atoms with Crippen LogP contribution in [0.4, 0.5) is 0 Å². The molecule has 2 rings (SSSR count). The van der Waals surface area contributed by atoms with Crippen molar-refractivity contribution in [3.63, 3.8) is 0 Å². The molecule has 0 aliphatic rings. The molecule has 0 saturated carbocycles. The summed E-state index contributed by atoms with van der Waals surface area (Å²) < 4.78 is 0. The quantitative estimate of drug-likeness (QED) is 0.864. The highest BCUT2D eigenvalue weighted by Crippen LogP contribution is 2.21. The summed E-state index contributed by atoms with van der Waals surface area (Å²) in [5.41, 5.74) is 2.33. The molecular formula is C16H20N2O. The van der Waals surface area contributed by atoms with Crippen LogP contribution in [0.1, 0.15) is 25.1 Å². The second-order valence-corrected chi connectivity index (χ2v) is 5.36. The van der Waals surface area contributed by atoms with Crippen molar-refractivity contribution in [2.75, 3.05) is 6.54 Å². The molecule has 2 N–H and O–H groups in total. The number of benzene rings is 1. The van der Waals surface area contributed by atoms with Gasteiger partial charge in [-0.25, -0.2) is 0 Å². The summed E-state index contributed by atoms with van der Waals surface area (Å²) in [5.74, 6) is 0.202. The van der Waals surface area contributed by atoms with Crippen LogP contribution in [0.25, 0.3) is 0 Å². The number of nitrogens with one attached hydrogen (secondary N) is 1. The van der Waals surface area contributed by atoms with E-state index in [1.807, 2.05) is 12.1 Å². The Balaban J connectivity index is 1.90. The van der Waals surface area contributed by atoms with Gasteiger partial charge in [0.15, 0.2) is 0 Å². The van der Waals surface area contributed by atoms with E-state index in [4.69, 9.17) is 0 Å². The maximum atomic E-state index is 9.18. The minimum Gasteiger partial charge on any atom is -0.506 e. The van der Waals surface area contributed by atoms with Crippen molar-refractivity contribution in [2.45, 2.75) is 25.8 Å². The fraction of sp³-hybridized carbons (Fsp3) is 0.312. The SMILES string of the molecule is CC(C)(CNCc1ccc(O)cn1)c1ccccc1. The van der Waals surface area contributed by atoms with Gasteiger partial charge >= 0.3 is 0 Å². The molecule has 2 aromatic rings. The summed E-state index contributed by atoms with van der Waals surface area (Å²) in [6.45, 7) is 6.02. The lowest BCUT2D eigenvalue weighted by atomic mass is 9.84. The molecule has 1 aromatic carbocycles. The standard InChI is InChI=1S/C16H20N2O/c1-16(2,13-6-4-3-5-7-13)12-17-10-14-8-9-15(19)11-18-14/h3-9,11,17,19H,10,12H2,1-2H3. The Morgan fingerprint density at radius 1 is 1.11 bits per heavy atom. The van der Waals surface area contributed by atoms with Gasteiger partial charge in [0.25, 0.3) is 0 Å². The van der Waals surface area contributed by atoms with Crippen LogP contribution < -0.4 is 5.32 Å². The number of nitrogens with zero attached hydrogens (tertiary/aromatic N) is 1. The molecule has 0 aliphatic carbocycles. The number of pyridine rings is 1. The summed E-state index contributed by atoms with van der Waals surface area (Å²) in [4.78, 5) is 4.16. The van der Waals surface area contributed by atoms with Gasteiger partial charge in [0, 0.05) is 18.5 Å². The zero-order chi connectivity index (χ0) is 13.7. The van der Waals surface area contributed by atoms with E-state index in [1.54, 1.807) is 6.07 Å². The Kier molecular flexibility index (Phi) is 4.17. The highest BCUT2D eigenvalue weighted by molar-refractivity contribution is 5.24. The first-order valence-electron chi connectivity index (χ1n) is 6.48. The van der Waals surface area contributed by atoms with Gasteiger partial charge in [-0.05, 0) is 17.7 Å². The van der Waals surface area contributed by atoms with Gasteiger partial charge in [-0.2, -0.15) is 0 Å². The fourth-order valence-corrected chi connectivity index (χ4v) is 2.02. The Labute approximate surface area is 114 Å². The molecule has 0 radical (unpaired) electrons. The van der Waals surface area contributed by atoms with Crippen LogP contribution in [0.5, 0.6) is 5.75 Å². The predicted molar refractivity (Wildman–Crippen MR) is 77.1 cm³/mol. The van der Waals surface area contributed by atoms with Crippen molar-refractivity contribution in [1.29, 1.82) is 0 Å². The van der Waals surface area contributed by atoms with E-state index in [-0.39, 0.29) is 11.2 Å². The molecule has 0 aliphatic heterocycles. The van der Waals surface area contributed by atoms with Crippen LogP contribution in [0.2, 0.25) is 0 Å². The Morgan fingerprint density at radius 2 is 1.84 bits per heavy atom. The zero-order valence-electron chi connectivity index (χ0n) is 11.4. The molecule has 3 nitrogen and oxygen atoms in total. The van der Waals surface area contributed by atoms with Crippen LogP contribution >= 0.6 is 0 Å². The third kappa shape index (κ3) is 3.80. The van der Waals surface area contributed by atoms with Crippen LogP contribution in [0.15, 0.2) is 48.7 Å². The summed E-state index contributed by atoms with van der Waals surface area (Å²) in [6, 6.07) is 14.0. The summed E-state index contributed by atoms with van der Waals surface area (Å²) >= 11 is 0. The highest BCUT2D eigenvalue weighted by atomic mass is 16.3. The summed E-state index contributed by atoms with van der Waals surface area (Å²) in [6.07, 6.45) is 1.47. The van der Waals surface area contributed by atoms with E-state index in [9.17, 15) is 5.11 Å². The molecule has 0 atom stereocenters. The molecule has 1 aromatic heterocycles. The molecule has 19 heavy (non-hydrogen) atoms. The van der Waals surface area contributed by atoms with Crippen molar-refractivity contribution < 1.29 is 5.11 Å². The smallest absolute Gasteiger partial charge is 0.133 e. The lowest BCUT2D eigenvalue weighted by Gasteiger charge is -2.25. The molecule has 3 heteroatoms. The maximum absolute atomic E-state index is 9.18. The van der Waals surface area contributed by atoms with E-state index >= 15 is 0 Å². The molecule has 1 heterocycles. The third-order valence-electron chi connectivity index (χ3n) is 3.24. The molecule has 0 saturated heterocycles. The van der Waals surface area contributed by atoms with Crippen molar-refractivity contribution in [3.8, 4) is 5.75 Å². The zero-order valence-corrected chi connectivity index (χ0v) is 11.4. The minimum absolute atomic E-state index is 0.0815. The van der Waals surface area contributed by atoms with Crippen molar-refractivity contribution >= 4 is 0 Å². The first-order valence-corrected chi connectivity index (χ1v) is 6.48. The third-order valence-corrected chi connectivity index (χ3v) is 3.24. The first-order chi connectivity index (χ1) is 9.08. The predicted octanol–water partition coefficient (Wildman–Crippen LogP) is 2.85. The molecule has 0 bridgehead atoms. The Bertz CT molecular complexity index is 506. The number of aromatic hydroxyl groups is 1. The monoisotopic (exact) mass is 256 g/mol. The van der Waals surface area contributed by atoms with Crippen molar-refractivity contribution in [1.82, 2.24) is 10.3 Å². The van der Waals surface area contributed by atoms with E-state index in [0.717, 1.165) is 12.2 Å². The van der Waals surface area contributed by atoms with Gasteiger partial charge in [-0.3, -0.25) is 4.98 Å². The van der Waals surface area contributed by atoms with E-state index in [2.05, 4.69) is 48.4 Å². The van der Waals surface area contributed by atoms with Crippen LogP contribution in [-0.4, -0.2) is 16.6 Å². The highest BCUT2D eigenvalue weighted by Gasteiger charge is 2.19. The van der Waals surface area contributed by atoms with Gasteiger partial charge in [0.2, 0.25) is 0 Å². The molecule has 0 amide bonds. The van der Waals surface area contributed by atoms with Gasteiger partial charge < -0.3 is 10.4 Å². The van der Waals surface area contributed by atoms with Gasteiger partial charge in [-0.1, -0.05) is 44.2 Å². The number of hydrogen-bond donors (Lipinski definition) is 2. The maximum Gasteiger partial charge on any atom is 0.133 e. The fourth-order valence-electron chi connectivity index (χ4n) is 2.02. The van der Waals surface area contributed by atoms with E-state index < -0.39 is 0 Å². The largest absolute Gasteiger partial charge is 0.506 e. The molecular weight excluding hydrogens is 236 g/mol. The van der Waals surface area contributed by atoms with Gasteiger partial charge in [0.05, 0.1) is 11.9 Å². The average Bonchev–Trinajstić information content (AvgIpc) is 2.42. The normalized spacial score (nSPS) is 11.5. The first kappa shape index (κ1) is 13.6. The number of rotatable bonds is 5. The number of aromatic nitrogens is 1.